The lowest BCUT2D eigenvalue weighted by Gasteiger charge is -2.08. The Bertz CT molecular complexity index is 1310. The lowest BCUT2D eigenvalue weighted by molar-refractivity contribution is -0.666. The molecule has 0 radical (unpaired) electrons. The van der Waals surface area contributed by atoms with Gasteiger partial charge in [0.1, 0.15) is 18.2 Å². The summed E-state index contributed by atoms with van der Waals surface area (Å²) in [5.74, 6) is 0. The molecule has 3 heteroatoms. The Hall–Kier alpha value is -3.12. The van der Waals surface area contributed by atoms with Gasteiger partial charge in [0, 0.05) is 29.8 Å². The molecule has 0 amide bonds. The maximum absolute atomic E-state index is 8.70. The van der Waals surface area contributed by atoms with Crippen LogP contribution in [0.2, 0.25) is 0 Å². The molecule has 26 heavy (non-hydrogen) atoms. The summed E-state index contributed by atoms with van der Waals surface area (Å²) in [5.41, 5.74) is 6.95. The van der Waals surface area contributed by atoms with Crippen molar-refractivity contribution in [2.24, 2.45) is 7.05 Å². The highest BCUT2D eigenvalue weighted by atomic mass is 16.3. The van der Waals surface area contributed by atoms with Gasteiger partial charge in [-0.1, -0.05) is 24.3 Å². The second kappa shape index (κ2) is 5.71. The minimum atomic E-state index is 0.340. The number of benzene rings is 2. The van der Waals surface area contributed by atoms with Crippen LogP contribution in [0, 0.1) is 34.3 Å². The number of nitrogens with zero attached hydrogens (tertiary/aromatic N) is 2. The Morgan fingerprint density at radius 3 is 2.42 bits per heavy atom. The lowest BCUT2D eigenvalue weighted by atomic mass is 9.99. The molecule has 0 unspecified atom stereocenters. The fourth-order valence-electron chi connectivity index (χ4n) is 3.59. The second-order valence-corrected chi connectivity index (χ2v) is 6.80. The van der Waals surface area contributed by atoms with E-state index in [1.807, 2.05) is 63.6 Å². The van der Waals surface area contributed by atoms with Crippen molar-refractivity contribution < 1.29 is 11.7 Å². The first kappa shape index (κ1) is 14.1. The van der Waals surface area contributed by atoms with Gasteiger partial charge >= 0.3 is 0 Å². The Kier molecular flexibility index (Phi) is 3.09. The van der Waals surface area contributed by atoms with Crippen molar-refractivity contribution in [3.05, 3.63) is 70.2 Å². The van der Waals surface area contributed by atoms with Crippen LogP contribution in [0.3, 0.4) is 0 Å². The highest BCUT2D eigenvalue weighted by molar-refractivity contribution is 6.11. The number of pyridine rings is 1. The van der Waals surface area contributed by atoms with Crippen LogP contribution >= 0.6 is 0 Å². The van der Waals surface area contributed by atoms with Crippen molar-refractivity contribution >= 4 is 27.6 Å². The van der Waals surface area contributed by atoms with E-state index in [0.717, 1.165) is 50.0 Å². The van der Waals surface area contributed by atoms with Gasteiger partial charge in [0.2, 0.25) is 5.69 Å². The molecule has 2 heterocycles. The number of hydrogen-bond acceptors (Lipinski definition) is 1. The monoisotopic (exact) mass is 343 g/mol. The third kappa shape index (κ3) is 2.23. The number of rotatable bonds is 1. The number of furan rings is 1. The third-order valence-corrected chi connectivity index (χ3v) is 5.11. The zero-order chi connectivity index (χ0) is 20.3. The van der Waals surface area contributed by atoms with Crippen LogP contribution < -0.4 is 4.57 Å². The number of aromatic nitrogens is 1. The molecule has 0 fully saturated rings. The second-order valence-electron chi connectivity index (χ2n) is 6.80. The molecule has 0 saturated carbocycles. The molecule has 4 rings (SSSR count). The maximum atomic E-state index is 8.70. The SMILES string of the molecule is [2H]c1c(C)c([2H])c(-c2c(C)ccc3c2oc2c(C)c([N+]#[C-])ccc23)[n+](C)c1C. The van der Waals surface area contributed by atoms with E-state index in [-0.39, 0.29) is 0 Å². The van der Waals surface area contributed by atoms with Crippen LogP contribution in [0.1, 0.15) is 25.1 Å². The normalized spacial score (nSPS) is 12.3. The van der Waals surface area contributed by atoms with E-state index < -0.39 is 0 Å². The van der Waals surface area contributed by atoms with E-state index in [0.29, 0.717) is 23.3 Å². The van der Waals surface area contributed by atoms with Crippen molar-refractivity contribution in [3.8, 4) is 11.3 Å². The highest BCUT2D eigenvalue weighted by Crippen LogP contribution is 2.40. The molecule has 0 aliphatic rings. The van der Waals surface area contributed by atoms with Crippen molar-refractivity contribution in [2.75, 3.05) is 0 Å². The molecule has 128 valence electrons. The van der Waals surface area contributed by atoms with Crippen LogP contribution in [0.15, 0.2) is 40.8 Å². The standard InChI is InChI=1S/C23H21N2O/c1-13-11-15(3)25(6)20(12-13)21-14(2)7-8-18-17-9-10-19(24-5)16(4)22(17)26-23(18)21/h7-12H,1-4,6H3/q+1/i11D,12D. The average Bonchev–Trinajstić information content (AvgIpc) is 3.06. The molecular formula is C23H21N2O+. The predicted molar refractivity (Wildman–Crippen MR) is 106 cm³/mol. The molecule has 0 atom stereocenters. The molecule has 0 spiro atoms. The lowest BCUT2D eigenvalue weighted by Crippen LogP contribution is -2.35. The number of aryl methyl sites for hydroxylation is 2. The molecular weight excluding hydrogens is 320 g/mol. The van der Waals surface area contributed by atoms with Gasteiger partial charge < -0.3 is 4.42 Å². The molecule has 4 aromatic rings. The zero-order valence-corrected chi connectivity index (χ0v) is 15.6. The van der Waals surface area contributed by atoms with E-state index in [9.17, 15) is 0 Å². The number of fused-ring (bicyclic) bond motifs is 3. The quantitative estimate of drug-likeness (QED) is 0.313. The molecule has 0 N–H and O–H groups in total. The molecule has 3 nitrogen and oxygen atoms in total. The fraction of sp³-hybridized carbons (Fsp3) is 0.217. The van der Waals surface area contributed by atoms with Crippen molar-refractivity contribution in [1.82, 2.24) is 0 Å². The Morgan fingerprint density at radius 1 is 1.00 bits per heavy atom. The topological polar surface area (TPSA) is 21.4 Å². The smallest absolute Gasteiger partial charge is 0.216 e. The van der Waals surface area contributed by atoms with Crippen molar-refractivity contribution in [2.45, 2.75) is 27.7 Å². The minimum Gasteiger partial charge on any atom is -0.456 e. The first-order valence-electron chi connectivity index (χ1n) is 9.57. The summed E-state index contributed by atoms with van der Waals surface area (Å²) in [6.45, 7) is 15.0. The average molecular weight is 343 g/mol. The van der Waals surface area contributed by atoms with Crippen LogP contribution in [-0.2, 0) is 7.05 Å². The summed E-state index contributed by atoms with van der Waals surface area (Å²) in [6, 6.07) is 8.59. The van der Waals surface area contributed by atoms with Gasteiger partial charge in [0.25, 0.3) is 0 Å². The molecule has 0 aliphatic carbocycles. The third-order valence-electron chi connectivity index (χ3n) is 5.11. The fourth-order valence-corrected chi connectivity index (χ4v) is 3.59. The van der Waals surface area contributed by atoms with Gasteiger partial charge in [-0.15, -0.1) is 0 Å². The van der Waals surface area contributed by atoms with Crippen LogP contribution in [0.25, 0.3) is 38.0 Å². The molecule has 0 aliphatic heterocycles. The van der Waals surface area contributed by atoms with Crippen LogP contribution in [0.4, 0.5) is 5.69 Å². The molecule has 2 aromatic heterocycles. The van der Waals surface area contributed by atoms with E-state index in [1.54, 1.807) is 0 Å². The van der Waals surface area contributed by atoms with Crippen LogP contribution in [-0.4, -0.2) is 0 Å². The van der Waals surface area contributed by atoms with Crippen molar-refractivity contribution in [1.29, 1.82) is 0 Å². The zero-order valence-electron chi connectivity index (χ0n) is 17.6. The maximum Gasteiger partial charge on any atom is 0.216 e. The summed E-state index contributed by atoms with van der Waals surface area (Å²) in [4.78, 5) is 3.58. The van der Waals surface area contributed by atoms with Crippen LogP contribution in [0.5, 0.6) is 0 Å². The molecule has 0 bridgehead atoms. The van der Waals surface area contributed by atoms with Crippen molar-refractivity contribution in [3.63, 3.8) is 0 Å². The summed E-state index contributed by atoms with van der Waals surface area (Å²) in [5, 5.41) is 1.95. The van der Waals surface area contributed by atoms with E-state index >= 15 is 0 Å². The van der Waals surface area contributed by atoms with Gasteiger partial charge in [-0.2, -0.15) is 4.57 Å². The van der Waals surface area contributed by atoms with Gasteiger partial charge in [0.15, 0.2) is 11.4 Å². The van der Waals surface area contributed by atoms with E-state index in [2.05, 4.69) is 4.85 Å². The minimum absolute atomic E-state index is 0.340. The summed E-state index contributed by atoms with van der Waals surface area (Å²) in [7, 11) is 1.89. The Balaban J connectivity index is 2.21. The molecule has 2 aromatic carbocycles. The molecule has 0 saturated heterocycles. The van der Waals surface area contributed by atoms with Gasteiger partial charge in [0.05, 0.1) is 14.9 Å². The van der Waals surface area contributed by atoms with Gasteiger partial charge in [-0.25, -0.2) is 4.85 Å². The summed E-state index contributed by atoms with van der Waals surface area (Å²) < 4.78 is 25.2. The first-order valence-corrected chi connectivity index (χ1v) is 8.57. The first-order chi connectivity index (χ1) is 13.3. The summed E-state index contributed by atoms with van der Waals surface area (Å²) in [6.07, 6.45) is 0. The predicted octanol–water partition coefficient (Wildman–Crippen LogP) is 5.86. The summed E-state index contributed by atoms with van der Waals surface area (Å²) >= 11 is 0. The van der Waals surface area contributed by atoms with E-state index in [4.69, 9.17) is 13.7 Å². The van der Waals surface area contributed by atoms with Gasteiger partial charge in [-0.05, 0) is 37.5 Å². The Morgan fingerprint density at radius 2 is 1.69 bits per heavy atom. The van der Waals surface area contributed by atoms with Gasteiger partial charge in [-0.3, -0.25) is 0 Å². The highest BCUT2D eigenvalue weighted by Gasteiger charge is 2.22. The largest absolute Gasteiger partial charge is 0.456 e. The van der Waals surface area contributed by atoms with E-state index in [1.165, 1.54) is 0 Å². The number of hydrogen-bond donors (Lipinski definition) is 0. The Labute approximate surface area is 156 Å².